The van der Waals surface area contributed by atoms with Crippen LogP contribution in [-0.4, -0.2) is 24.1 Å². The Morgan fingerprint density at radius 1 is 1.50 bits per heavy atom. The quantitative estimate of drug-likeness (QED) is 0.527. The molecule has 0 atom stereocenters. The fourth-order valence-electron chi connectivity index (χ4n) is 1.47. The van der Waals surface area contributed by atoms with Gasteiger partial charge in [0.2, 0.25) is 0 Å². The molecule has 1 aliphatic rings. The van der Waals surface area contributed by atoms with Crippen LogP contribution in [0, 0.1) is 11.8 Å². The fraction of sp³-hybridized carbons (Fsp3) is 0.800. The molecular weight excluding hydrogens is 166 g/mol. The molecule has 1 aliphatic carbocycles. The standard InChI is InChI=1S/C10H17NS/c1-3-4-8-11-9-10(12-2)6-5-7-10/h11H,5-9H2,1-2H3. The van der Waals surface area contributed by atoms with Gasteiger partial charge in [-0.1, -0.05) is 12.3 Å². The normalized spacial score (nSPS) is 19.2. The first-order valence-electron chi connectivity index (χ1n) is 4.48. The summed E-state index contributed by atoms with van der Waals surface area (Å²) < 4.78 is 0.551. The largest absolute Gasteiger partial charge is 0.305 e. The van der Waals surface area contributed by atoms with Crippen molar-refractivity contribution in [2.45, 2.75) is 30.9 Å². The molecule has 1 fully saturated rings. The van der Waals surface area contributed by atoms with Gasteiger partial charge in [0.05, 0.1) is 6.54 Å². The molecule has 0 heterocycles. The highest BCUT2D eigenvalue weighted by Crippen LogP contribution is 2.41. The van der Waals surface area contributed by atoms with E-state index in [-0.39, 0.29) is 0 Å². The second-order valence-electron chi connectivity index (χ2n) is 3.27. The van der Waals surface area contributed by atoms with Crippen molar-refractivity contribution in [3.63, 3.8) is 0 Å². The van der Waals surface area contributed by atoms with Gasteiger partial charge in [0, 0.05) is 11.3 Å². The number of thioether (sulfide) groups is 1. The highest BCUT2D eigenvalue weighted by atomic mass is 32.2. The van der Waals surface area contributed by atoms with Crippen LogP contribution in [0.25, 0.3) is 0 Å². The average molecular weight is 183 g/mol. The van der Waals surface area contributed by atoms with Crippen LogP contribution in [0.4, 0.5) is 0 Å². The Morgan fingerprint density at radius 3 is 2.67 bits per heavy atom. The van der Waals surface area contributed by atoms with Crippen molar-refractivity contribution in [3.05, 3.63) is 0 Å². The van der Waals surface area contributed by atoms with E-state index in [4.69, 9.17) is 0 Å². The lowest BCUT2D eigenvalue weighted by molar-refractivity contribution is 0.351. The van der Waals surface area contributed by atoms with Gasteiger partial charge in [-0.3, -0.25) is 0 Å². The van der Waals surface area contributed by atoms with Crippen LogP contribution in [-0.2, 0) is 0 Å². The summed E-state index contributed by atoms with van der Waals surface area (Å²) in [5.74, 6) is 5.91. The van der Waals surface area contributed by atoms with Crippen molar-refractivity contribution in [2.24, 2.45) is 0 Å². The van der Waals surface area contributed by atoms with Gasteiger partial charge in [0.1, 0.15) is 0 Å². The molecule has 0 bridgehead atoms. The Hall–Kier alpha value is -0.130. The van der Waals surface area contributed by atoms with E-state index < -0.39 is 0 Å². The first-order valence-corrected chi connectivity index (χ1v) is 5.71. The number of nitrogens with one attached hydrogen (secondary N) is 1. The van der Waals surface area contributed by atoms with Crippen molar-refractivity contribution < 1.29 is 0 Å². The lowest BCUT2D eigenvalue weighted by Crippen LogP contribution is -2.43. The summed E-state index contributed by atoms with van der Waals surface area (Å²) in [4.78, 5) is 0. The molecule has 0 aromatic heterocycles. The third kappa shape index (κ3) is 2.43. The minimum Gasteiger partial charge on any atom is -0.305 e. The Morgan fingerprint density at radius 2 is 2.25 bits per heavy atom. The van der Waals surface area contributed by atoms with E-state index in [9.17, 15) is 0 Å². The van der Waals surface area contributed by atoms with Crippen LogP contribution in [0.2, 0.25) is 0 Å². The lowest BCUT2D eigenvalue weighted by atomic mass is 9.84. The molecule has 68 valence electrons. The fourth-order valence-corrected chi connectivity index (χ4v) is 2.41. The third-order valence-electron chi connectivity index (χ3n) is 2.54. The minimum atomic E-state index is 0.551. The zero-order valence-electron chi connectivity index (χ0n) is 7.94. The third-order valence-corrected chi connectivity index (χ3v) is 3.95. The molecule has 0 aromatic carbocycles. The summed E-state index contributed by atoms with van der Waals surface area (Å²) in [6, 6.07) is 0. The van der Waals surface area contributed by atoms with Crippen molar-refractivity contribution in [1.29, 1.82) is 0 Å². The highest BCUT2D eigenvalue weighted by molar-refractivity contribution is 8.00. The van der Waals surface area contributed by atoms with Crippen molar-refractivity contribution in [3.8, 4) is 11.8 Å². The summed E-state index contributed by atoms with van der Waals surface area (Å²) in [5, 5.41) is 3.39. The molecule has 0 aromatic rings. The average Bonchev–Trinajstić information content (AvgIpc) is 2.02. The molecule has 1 nitrogen and oxygen atoms in total. The van der Waals surface area contributed by atoms with Crippen LogP contribution < -0.4 is 5.32 Å². The molecule has 0 aliphatic heterocycles. The maximum absolute atomic E-state index is 3.39. The summed E-state index contributed by atoms with van der Waals surface area (Å²) in [7, 11) is 0. The molecule has 0 saturated heterocycles. The Kier molecular flexibility index (Phi) is 3.97. The van der Waals surface area contributed by atoms with Gasteiger partial charge in [-0.2, -0.15) is 11.8 Å². The second-order valence-corrected chi connectivity index (χ2v) is 4.55. The van der Waals surface area contributed by atoms with Crippen molar-refractivity contribution in [1.82, 2.24) is 5.32 Å². The second kappa shape index (κ2) is 4.79. The molecule has 0 amide bonds. The van der Waals surface area contributed by atoms with Crippen LogP contribution >= 0.6 is 11.8 Å². The monoisotopic (exact) mass is 183 g/mol. The topological polar surface area (TPSA) is 12.0 Å². The molecule has 0 radical (unpaired) electrons. The van der Waals surface area contributed by atoms with E-state index >= 15 is 0 Å². The molecular formula is C10H17NS. The van der Waals surface area contributed by atoms with E-state index in [0.717, 1.165) is 13.1 Å². The van der Waals surface area contributed by atoms with Crippen LogP contribution in [0.15, 0.2) is 0 Å². The van der Waals surface area contributed by atoms with Gasteiger partial charge in [-0.05, 0) is 26.0 Å². The van der Waals surface area contributed by atoms with Gasteiger partial charge < -0.3 is 5.32 Å². The van der Waals surface area contributed by atoms with Crippen LogP contribution in [0.5, 0.6) is 0 Å². The minimum absolute atomic E-state index is 0.551. The van der Waals surface area contributed by atoms with E-state index in [2.05, 4.69) is 23.4 Å². The van der Waals surface area contributed by atoms with Gasteiger partial charge in [-0.15, -0.1) is 5.92 Å². The SMILES string of the molecule is CC#CCNCC1(SC)CCC1. The number of hydrogen-bond acceptors (Lipinski definition) is 2. The van der Waals surface area contributed by atoms with Gasteiger partial charge in [-0.25, -0.2) is 0 Å². The van der Waals surface area contributed by atoms with E-state index in [1.54, 1.807) is 0 Å². The predicted molar refractivity (Wildman–Crippen MR) is 56.4 cm³/mol. The number of rotatable bonds is 4. The molecule has 1 N–H and O–H groups in total. The molecule has 0 unspecified atom stereocenters. The maximum atomic E-state index is 3.39. The van der Waals surface area contributed by atoms with E-state index in [0.29, 0.717) is 4.75 Å². The first-order chi connectivity index (χ1) is 5.83. The molecule has 12 heavy (non-hydrogen) atoms. The number of hydrogen-bond donors (Lipinski definition) is 1. The Balaban J connectivity index is 2.14. The van der Waals surface area contributed by atoms with E-state index in [1.165, 1.54) is 19.3 Å². The Labute approximate surface area is 79.7 Å². The zero-order chi connectivity index (χ0) is 8.86. The van der Waals surface area contributed by atoms with Crippen LogP contribution in [0.3, 0.4) is 0 Å². The molecule has 0 spiro atoms. The van der Waals surface area contributed by atoms with Crippen LogP contribution in [0.1, 0.15) is 26.2 Å². The zero-order valence-corrected chi connectivity index (χ0v) is 8.76. The molecule has 1 saturated carbocycles. The van der Waals surface area contributed by atoms with Gasteiger partial charge in [0.15, 0.2) is 0 Å². The Bertz CT molecular complexity index is 180. The maximum Gasteiger partial charge on any atom is 0.0576 e. The molecule has 1 rings (SSSR count). The summed E-state index contributed by atoms with van der Waals surface area (Å²) in [5.41, 5.74) is 0. The smallest absolute Gasteiger partial charge is 0.0576 e. The summed E-state index contributed by atoms with van der Waals surface area (Å²) in [6.45, 7) is 3.86. The molecule has 2 heteroatoms. The lowest BCUT2D eigenvalue weighted by Gasteiger charge is -2.40. The first kappa shape index (κ1) is 9.95. The predicted octanol–water partition coefficient (Wildman–Crippen LogP) is 1.89. The van der Waals surface area contributed by atoms with Crippen molar-refractivity contribution >= 4 is 11.8 Å². The van der Waals surface area contributed by atoms with Gasteiger partial charge in [0.25, 0.3) is 0 Å². The summed E-state index contributed by atoms with van der Waals surface area (Å²) in [6.07, 6.45) is 6.37. The summed E-state index contributed by atoms with van der Waals surface area (Å²) >= 11 is 2.01. The van der Waals surface area contributed by atoms with Crippen molar-refractivity contribution in [2.75, 3.05) is 19.3 Å². The van der Waals surface area contributed by atoms with E-state index in [1.807, 2.05) is 18.7 Å². The highest BCUT2D eigenvalue weighted by Gasteiger charge is 2.35. The van der Waals surface area contributed by atoms with Gasteiger partial charge >= 0.3 is 0 Å².